The summed E-state index contributed by atoms with van der Waals surface area (Å²) in [6, 6.07) is 10.0. The lowest BCUT2D eigenvalue weighted by molar-refractivity contribution is -0.123. The summed E-state index contributed by atoms with van der Waals surface area (Å²) in [6.07, 6.45) is 0. The summed E-state index contributed by atoms with van der Waals surface area (Å²) in [5, 5.41) is 23.2. The van der Waals surface area contributed by atoms with Gasteiger partial charge in [0.25, 0.3) is 5.91 Å². The Bertz CT molecular complexity index is 829. The van der Waals surface area contributed by atoms with Crippen molar-refractivity contribution in [3.05, 3.63) is 53.1 Å². The zero-order valence-corrected chi connectivity index (χ0v) is 15.4. The molecule has 6 heteroatoms. The second-order valence-electron chi connectivity index (χ2n) is 6.42. The highest BCUT2D eigenvalue weighted by atomic mass is 16.5. The lowest BCUT2D eigenvalue weighted by Crippen LogP contribution is -2.26. The third-order valence-electron chi connectivity index (χ3n) is 3.87. The number of nitrogens with one attached hydrogen (secondary N) is 1. The van der Waals surface area contributed by atoms with Crippen molar-refractivity contribution in [2.45, 2.75) is 33.6 Å². The van der Waals surface area contributed by atoms with Crippen molar-refractivity contribution in [1.82, 2.24) is 5.43 Å². The van der Waals surface area contributed by atoms with Gasteiger partial charge in [0.15, 0.2) is 6.61 Å². The highest BCUT2D eigenvalue weighted by molar-refractivity contribution is 6.01. The quantitative estimate of drug-likeness (QED) is 0.420. The van der Waals surface area contributed by atoms with Crippen molar-refractivity contribution in [2.24, 2.45) is 5.10 Å². The Labute approximate surface area is 153 Å². The van der Waals surface area contributed by atoms with Crippen LogP contribution in [0.3, 0.4) is 0 Å². The summed E-state index contributed by atoms with van der Waals surface area (Å²) in [5.41, 5.74) is 5.19. The van der Waals surface area contributed by atoms with Gasteiger partial charge in [-0.15, -0.1) is 0 Å². The first kappa shape index (κ1) is 19.3. The molecule has 0 saturated heterocycles. The Hall–Kier alpha value is -3.02. The summed E-state index contributed by atoms with van der Waals surface area (Å²) in [4.78, 5) is 12.0. The van der Waals surface area contributed by atoms with Crippen LogP contribution >= 0.6 is 0 Å². The fraction of sp³-hybridized carbons (Fsp3) is 0.300. The summed E-state index contributed by atoms with van der Waals surface area (Å²) < 4.78 is 5.65. The molecule has 2 rings (SSSR count). The van der Waals surface area contributed by atoms with Gasteiger partial charge in [0, 0.05) is 5.56 Å². The molecule has 0 saturated carbocycles. The monoisotopic (exact) mass is 356 g/mol. The molecule has 0 aliphatic heterocycles. The lowest BCUT2D eigenvalue weighted by Gasteiger charge is -2.14. The van der Waals surface area contributed by atoms with E-state index in [4.69, 9.17) is 4.74 Å². The van der Waals surface area contributed by atoms with Crippen molar-refractivity contribution in [3.63, 3.8) is 0 Å². The van der Waals surface area contributed by atoms with Gasteiger partial charge < -0.3 is 14.9 Å². The van der Waals surface area contributed by atoms with E-state index in [1.54, 1.807) is 6.92 Å². The van der Waals surface area contributed by atoms with Crippen molar-refractivity contribution >= 4 is 11.6 Å². The van der Waals surface area contributed by atoms with Crippen LogP contribution in [-0.4, -0.2) is 28.4 Å². The van der Waals surface area contributed by atoms with Crippen molar-refractivity contribution in [3.8, 4) is 17.2 Å². The van der Waals surface area contributed by atoms with E-state index in [9.17, 15) is 15.0 Å². The standard InChI is InChI=1S/C20H24N2O4/c1-12(2)16-7-5-13(3)9-19(16)26-11-20(25)22-21-14(4)17-10-15(23)6-8-18(17)24/h5-10,12,23-24H,11H2,1-4H3,(H,22,25). The Balaban J connectivity index is 2.01. The second-order valence-corrected chi connectivity index (χ2v) is 6.42. The third-order valence-corrected chi connectivity index (χ3v) is 3.87. The minimum atomic E-state index is -0.416. The number of aryl methyl sites for hydroxylation is 1. The van der Waals surface area contributed by atoms with Gasteiger partial charge >= 0.3 is 0 Å². The number of carbonyl (C=O) groups is 1. The molecule has 1 amide bonds. The minimum Gasteiger partial charge on any atom is -0.508 e. The van der Waals surface area contributed by atoms with Crippen molar-refractivity contribution in [1.29, 1.82) is 0 Å². The van der Waals surface area contributed by atoms with Gasteiger partial charge in [-0.25, -0.2) is 5.43 Å². The van der Waals surface area contributed by atoms with Gasteiger partial charge in [-0.05, 0) is 55.2 Å². The van der Waals surface area contributed by atoms with E-state index in [0.717, 1.165) is 11.1 Å². The molecule has 0 radical (unpaired) electrons. The van der Waals surface area contributed by atoms with Gasteiger partial charge in [-0.1, -0.05) is 26.0 Å². The predicted octanol–water partition coefficient (Wildman–Crippen LogP) is 3.45. The van der Waals surface area contributed by atoms with Crippen molar-refractivity contribution in [2.75, 3.05) is 6.61 Å². The number of carbonyl (C=O) groups excluding carboxylic acids is 1. The van der Waals surface area contributed by atoms with E-state index >= 15 is 0 Å². The summed E-state index contributed by atoms with van der Waals surface area (Å²) in [7, 11) is 0. The molecule has 0 spiro atoms. The number of hydrazone groups is 1. The van der Waals surface area contributed by atoms with Gasteiger partial charge in [0.05, 0.1) is 5.71 Å². The average molecular weight is 356 g/mol. The van der Waals surface area contributed by atoms with Gasteiger partial charge in [-0.3, -0.25) is 4.79 Å². The largest absolute Gasteiger partial charge is 0.508 e. The maximum Gasteiger partial charge on any atom is 0.277 e. The van der Waals surface area contributed by atoms with Crippen LogP contribution in [0, 0.1) is 6.92 Å². The maximum atomic E-state index is 12.0. The van der Waals surface area contributed by atoms with Gasteiger partial charge in [0.2, 0.25) is 0 Å². The fourth-order valence-corrected chi connectivity index (χ4v) is 2.44. The number of rotatable bonds is 6. The normalized spacial score (nSPS) is 11.5. The number of aromatic hydroxyl groups is 2. The van der Waals surface area contributed by atoms with E-state index in [1.165, 1.54) is 18.2 Å². The Kier molecular flexibility index (Phi) is 6.22. The molecule has 0 heterocycles. The van der Waals surface area contributed by atoms with Crippen LogP contribution in [0.2, 0.25) is 0 Å². The van der Waals surface area contributed by atoms with Gasteiger partial charge in [0.1, 0.15) is 17.2 Å². The number of phenols is 2. The Morgan fingerprint density at radius 1 is 1.19 bits per heavy atom. The SMILES string of the molecule is CC(=NNC(=O)COc1cc(C)ccc1C(C)C)c1cc(O)ccc1O. The van der Waals surface area contributed by atoms with Crippen LogP contribution < -0.4 is 10.2 Å². The van der Waals surface area contributed by atoms with E-state index in [2.05, 4.69) is 24.4 Å². The maximum absolute atomic E-state index is 12.0. The predicted molar refractivity (Wildman–Crippen MR) is 101 cm³/mol. The summed E-state index contributed by atoms with van der Waals surface area (Å²) in [6.45, 7) is 7.53. The number of hydrogen-bond acceptors (Lipinski definition) is 5. The molecule has 26 heavy (non-hydrogen) atoms. The molecule has 2 aromatic carbocycles. The van der Waals surface area contributed by atoms with E-state index in [-0.39, 0.29) is 24.0 Å². The number of hydrogen-bond donors (Lipinski definition) is 3. The topological polar surface area (TPSA) is 91.2 Å². The van der Waals surface area contributed by atoms with Crippen molar-refractivity contribution < 1.29 is 19.7 Å². The highest BCUT2D eigenvalue weighted by Gasteiger charge is 2.11. The number of ether oxygens (including phenoxy) is 1. The minimum absolute atomic E-state index is 0.00247. The van der Waals surface area contributed by atoms with Crippen LogP contribution in [-0.2, 0) is 4.79 Å². The summed E-state index contributed by atoms with van der Waals surface area (Å²) in [5.74, 6) is 0.517. The number of amides is 1. The number of benzene rings is 2. The van der Waals surface area contributed by atoms with Crippen LogP contribution in [0.1, 0.15) is 43.4 Å². The Morgan fingerprint density at radius 2 is 1.92 bits per heavy atom. The number of nitrogens with zero attached hydrogens (tertiary/aromatic N) is 1. The molecule has 138 valence electrons. The van der Waals surface area contributed by atoms with Gasteiger partial charge in [-0.2, -0.15) is 5.10 Å². The first-order chi connectivity index (χ1) is 12.3. The molecule has 0 fully saturated rings. The molecule has 0 atom stereocenters. The molecule has 0 aromatic heterocycles. The van der Waals surface area contributed by atoms with Crippen LogP contribution in [0.25, 0.3) is 0 Å². The van der Waals surface area contributed by atoms with E-state index in [0.29, 0.717) is 17.0 Å². The first-order valence-corrected chi connectivity index (χ1v) is 8.36. The summed E-state index contributed by atoms with van der Waals surface area (Å²) >= 11 is 0. The molecular weight excluding hydrogens is 332 g/mol. The van der Waals surface area contributed by atoms with E-state index in [1.807, 2.05) is 25.1 Å². The van der Waals surface area contributed by atoms with Crippen LogP contribution in [0.15, 0.2) is 41.5 Å². The molecule has 3 N–H and O–H groups in total. The average Bonchev–Trinajstić information content (AvgIpc) is 2.59. The van der Waals surface area contributed by atoms with Crippen LogP contribution in [0.4, 0.5) is 0 Å². The third kappa shape index (κ3) is 4.99. The zero-order valence-electron chi connectivity index (χ0n) is 15.4. The molecule has 0 bridgehead atoms. The first-order valence-electron chi connectivity index (χ1n) is 8.36. The Morgan fingerprint density at radius 3 is 2.62 bits per heavy atom. The highest BCUT2D eigenvalue weighted by Crippen LogP contribution is 2.27. The smallest absolute Gasteiger partial charge is 0.277 e. The molecule has 6 nitrogen and oxygen atoms in total. The molecule has 0 aliphatic carbocycles. The number of phenolic OH excluding ortho intramolecular Hbond substituents is 2. The zero-order chi connectivity index (χ0) is 19.3. The molecular formula is C20H24N2O4. The van der Waals surface area contributed by atoms with Crippen LogP contribution in [0.5, 0.6) is 17.2 Å². The molecule has 0 unspecified atom stereocenters. The second kappa shape index (κ2) is 8.38. The molecule has 2 aromatic rings. The lowest BCUT2D eigenvalue weighted by atomic mass is 10.0. The van der Waals surface area contributed by atoms with E-state index < -0.39 is 5.91 Å². The molecule has 0 aliphatic rings. The fourth-order valence-electron chi connectivity index (χ4n) is 2.44.